The third-order valence-corrected chi connectivity index (χ3v) is 12.8. The van der Waals surface area contributed by atoms with Gasteiger partial charge in [-0.15, -0.1) is 0 Å². The van der Waals surface area contributed by atoms with Crippen LogP contribution in [-0.4, -0.2) is 143 Å². The summed E-state index contributed by atoms with van der Waals surface area (Å²) in [5, 5.41) is 0. The number of aromatic nitrogens is 2. The molecule has 5 amide bonds. The van der Waals surface area contributed by atoms with Gasteiger partial charge in [0.15, 0.2) is 5.82 Å². The highest BCUT2D eigenvalue weighted by Crippen LogP contribution is 2.28. The molecule has 1 atom stereocenters. The lowest BCUT2D eigenvalue weighted by Gasteiger charge is -2.40. The number of carbonyl (C=O) groups is 5. The molecule has 4 aromatic rings. The number of halogens is 3. The Balaban J connectivity index is 0.000000777. The first-order chi connectivity index (χ1) is 32.3. The molecule has 19 heteroatoms. The quantitative estimate of drug-likeness (QED) is 0.0775. The Morgan fingerprint density at radius 3 is 2.03 bits per heavy atom. The number of piperazine rings is 2. The van der Waals surface area contributed by atoms with Crippen LogP contribution in [0.25, 0.3) is 11.4 Å². The highest BCUT2D eigenvalue weighted by Gasteiger charge is 2.32. The molecule has 362 valence electrons. The summed E-state index contributed by atoms with van der Waals surface area (Å²) in [6, 6.07) is 15.4. The number of piperidine rings is 1. The zero-order valence-electron chi connectivity index (χ0n) is 37.6. The number of benzene rings is 3. The number of allylic oxidation sites excluding steroid dienone is 1. The second-order valence-corrected chi connectivity index (χ2v) is 17.1. The topological polar surface area (TPSA) is 189 Å². The molecular formula is C49H60F3N11O5. The van der Waals surface area contributed by atoms with Crippen LogP contribution in [0.2, 0.25) is 0 Å². The number of likely N-dealkylation sites (tertiary alicyclic amines) is 1. The Hall–Kier alpha value is -6.54. The summed E-state index contributed by atoms with van der Waals surface area (Å²) in [5.41, 5.74) is 10.1. The summed E-state index contributed by atoms with van der Waals surface area (Å²) in [6.45, 7) is 9.82. The smallest absolute Gasteiger partial charge is 0.265 e. The second-order valence-electron chi connectivity index (χ2n) is 17.1. The van der Waals surface area contributed by atoms with Crippen LogP contribution in [0.1, 0.15) is 82.4 Å². The van der Waals surface area contributed by atoms with E-state index in [0.29, 0.717) is 62.7 Å². The van der Waals surface area contributed by atoms with Gasteiger partial charge in [0.1, 0.15) is 23.0 Å². The summed E-state index contributed by atoms with van der Waals surface area (Å²) >= 11 is 0. The number of hydrogen-bond acceptors (Lipinski definition) is 11. The largest absolute Gasteiger partial charge is 0.338 e. The van der Waals surface area contributed by atoms with Gasteiger partial charge in [-0.05, 0) is 86.6 Å². The molecular weight excluding hydrogens is 880 g/mol. The van der Waals surface area contributed by atoms with E-state index in [1.165, 1.54) is 23.4 Å². The molecule has 5 heterocycles. The molecule has 1 aromatic heterocycles. The summed E-state index contributed by atoms with van der Waals surface area (Å²) in [6.07, 6.45) is 6.55. The van der Waals surface area contributed by atoms with E-state index < -0.39 is 34.8 Å². The van der Waals surface area contributed by atoms with E-state index in [4.69, 9.17) is 5.84 Å². The maximum absolute atomic E-state index is 15.0. The molecule has 16 nitrogen and oxygen atoms in total. The van der Waals surface area contributed by atoms with Crippen molar-refractivity contribution >= 4 is 29.5 Å². The Morgan fingerprint density at radius 1 is 0.779 bits per heavy atom. The number of nitrogens with one attached hydrogen (secondary N) is 3. The second kappa shape index (κ2) is 23.5. The van der Waals surface area contributed by atoms with Crippen LogP contribution in [0.5, 0.6) is 0 Å². The van der Waals surface area contributed by atoms with Gasteiger partial charge in [0.25, 0.3) is 23.6 Å². The Kier molecular flexibility index (Phi) is 17.5. The van der Waals surface area contributed by atoms with Crippen molar-refractivity contribution in [3.05, 3.63) is 130 Å². The summed E-state index contributed by atoms with van der Waals surface area (Å²) in [5.74, 6) is 1.34. The fraction of sp³-hybridized carbons (Fsp3) is 0.408. The molecule has 0 bridgehead atoms. The first kappa shape index (κ1) is 50.9. The third kappa shape index (κ3) is 12.3. The van der Waals surface area contributed by atoms with Crippen LogP contribution in [0.15, 0.2) is 84.7 Å². The predicted octanol–water partition coefficient (Wildman–Crippen LogP) is 4.13. The minimum atomic E-state index is -0.933. The molecule has 0 radical (unpaired) electrons. The van der Waals surface area contributed by atoms with Gasteiger partial charge in [-0.1, -0.05) is 37.8 Å². The number of hydrogen-bond donors (Lipinski definition) is 4. The van der Waals surface area contributed by atoms with Crippen molar-refractivity contribution in [2.45, 2.75) is 46.6 Å². The van der Waals surface area contributed by atoms with Gasteiger partial charge in [0.05, 0.1) is 18.2 Å². The fourth-order valence-electron chi connectivity index (χ4n) is 8.76. The maximum Gasteiger partial charge on any atom is 0.265 e. The molecule has 68 heavy (non-hydrogen) atoms. The molecule has 5 N–H and O–H groups in total. The van der Waals surface area contributed by atoms with Gasteiger partial charge in [-0.2, -0.15) is 0 Å². The first-order valence-corrected chi connectivity index (χ1v) is 22.5. The van der Waals surface area contributed by atoms with Gasteiger partial charge in [-0.3, -0.25) is 39.7 Å². The van der Waals surface area contributed by atoms with Crippen LogP contribution in [0, 0.1) is 23.4 Å². The van der Waals surface area contributed by atoms with Crippen LogP contribution in [0.4, 0.5) is 13.2 Å². The highest BCUT2D eigenvalue weighted by atomic mass is 19.1. The standard InChI is InChI=1S/C43H46F3N9O4.C5H10N2O.CH4/c44-34-7-6-29(23-37-31-4-1-2-5-32(31)41(57)50-49-37)22-33(34)42(58)55-20-18-53(19-21-55)38(56)27-52-16-14-51(15-17-52)26-28-8-12-54(13-9-28)43(59)39-35(45)24-30(25-36(39)46)40-47-10-3-11-48-40;1-3-4(2)5(8)7-6;/h1-7,10-11,22,24-25,28,37,49H,8-9,12-21,23,26-27H2,(H,50,57);3H,6H2,1-2H3,(H,7,8);1H4/b;4-3+;. The zero-order valence-corrected chi connectivity index (χ0v) is 37.6. The van der Waals surface area contributed by atoms with E-state index in [0.717, 1.165) is 68.8 Å². The lowest BCUT2D eigenvalue weighted by molar-refractivity contribution is -0.134. The van der Waals surface area contributed by atoms with Gasteiger partial charge >= 0.3 is 0 Å². The van der Waals surface area contributed by atoms with Gasteiger partial charge in [0, 0.05) is 101 Å². The van der Waals surface area contributed by atoms with Gasteiger partial charge in [0.2, 0.25) is 5.91 Å². The summed E-state index contributed by atoms with van der Waals surface area (Å²) in [4.78, 5) is 80.1. The van der Waals surface area contributed by atoms with Crippen molar-refractivity contribution in [1.82, 2.24) is 50.7 Å². The number of nitrogens with two attached hydrogens (primary N) is 1. The molecule has 1 unspecified atom stereocenters. The van der Waals surface area contributed by atoms with Crippen molar-refractivity contribution in [3.8, 4) is 11.4 Å². The normalized spacial score (nSPS) is 18.1. The Morgan fingerprint density at radius 2 is 1.40 bits per heavy atom. The van der Waals surface area contributed by atoms with Crippen molar-refractivity contribution in [1.29, 1.82) is 0 Å². The van der Waals surface area contributed by atoms with Crippen LogP contribution in [-0.2, 0) is 16.0 Å². The van der Waals surface area contributed by atoms with Crippen molar-refractivity contribution in [2.24, 2.45) is 11.8 Å². The molecule has 0 aliphatic carbocycles. The molecule has 8 rings (SSSR count). The van der Waals surface area contributed by atoms with E-state index in [1.54, 1.807) is 60.1 Å². The number of hydrazine groups is 2. The molecule has 0 saturated carbocycles. The number of rotatable bonds is 10. The van der Waals surface area contributed by atoms with Crippen molar-refractivity contribution in [3.63, 3.8) is 0 Å². The third-order valence-electron chi connectivity index (χ3n) is 12.8. The van der Waals surface area contributed by atoms with Crippen LogP contribution >= 0.6 is 0 Å². The van der Waals surface area contributed by atoms with E-state index in [9.17, 15) is 24.0 Å². The van der Waals surface area contributed by atoms with Crippen LogP contribution in [0.3, 0.4) is 0 Å². The minimum absolute atomic E-state index is 0. The maximum atomic E-state index is 15.0. The lowest BCUT2D eigenvalue weighted by atomic mass is 9.93. The van der Waals surface area contributed by atoms with Crippen molar-refractivity contribution < 1.29 is 37.1 Å². The van der Waals surface area contributed by atoms with E-state index in [1.807, 2.05) is 17.6 Å². The van der Waals surface area contributed by atoms with E-state index in [-0.39, 0.29) is 54.7 Å². The number of carbonyl (C=O) groups excluding carboxylic acids is 5. The SMILES string of the molecule is C.C/C=C(\C)C(=O)NN.O=C1NNC(Cc2ccc(F)c(C(=O)N3CCN(C(=O)CN4CCN(CC5CCN(C(=O)c6c(F)cc(-c7ncccn7)cc6F)CC5)CC4)CC3)c2)c2ccccc21. The summed E-state index contributed by atoms with van der Waals surface area (Å²) in [7, 11) is 0. The molecule has 3 saturated heterocycles. The lowest BCUT2D eigenvalue weighted by Crippen LogP contribution is -2.55. The molecule has 4 aliphatic heterocycles. The number of fused-ring (bicyclic) bond motifs is 1. The fourth-order valence-corrected chi connectivity index (χ4v) is 8.76. The number of amides is 5. The van der Waals surface area contributed by atoms with E-state index >= 15 is 13.2 Å². The highest BCUT2D eigenvalue weighted by molar-refractivity contribution is 5.97. The monoisotopic (exact) mass is 939 g/mol. The van der Waals surface area contributed by atoms with Gasteiger partial charge in [-0.25, -0.2) is 34.4 Å². The van der Waals surface area contributed by atoms with Crippen LogP contribution < -0.4 is 22.1 Å². The Labute approximate surface area is 394 Å². The zero-order chi connectivity index (χ0) is 47.6. The number of nitrogens with zero attached hydrogens (tertiary/aromatic N) is 7. The minimum Gasteiger partial charge on any atom is -0.338 e. The predicted molar refractivity (Wildman–Crippen MR) is 250 cm³/mol. The molecule has 3 aromatic carbocycles. The molecule has 0 spiro atoms. The summed E-state index contributed by atoms with van der Waals surface area (Å²) < 4.78 is 45.0. The Bertz CT molecular complexity index is 2450. The molecule has 3 fully saturated rings. The average molecular weight is 940 g/mol. The first-order valence-electron chi connectivity index (χ1n) is 22.5. The van der Waals surface area contributed by atoms with Gasteiger partial charge < -0.3 is 19.6 Å². The van der Waals surface area contributed by atoms with E-state index in [2.05, 4.69) is 30.6 Å². The molecule has 4 aliphatic rings. The van der Waals surface area contributed by atoms with Crippen molar-refractivity contribution in [2.75, 3.05) is 78.5 Å². The average Bonchev–Trinajstić information content (AvgIpc) is 3.35.